The molecule has 1 aliphatic heterocycles. The van der Waals surface area contributed by atoms with Crippen molar-refractivity contribution in [1.82, 2.24) is 4.90 Å². The third-order valence-electron chi connectivity index (χ3n) is 3.79. The lowest BCUT2D eigenvalue weighted by molar-refractivity contribution is -0.145. The van der Waals surface area contributed by atoms with Crippen molar-refractivity contribution in [3.8, 4) is 0 Å². The van der Waals surface area contributed by atoms with E-state index in [-0.39, 0.29) is 5.41 Å². The number of unbranched alkanes of at least 4 members (excludes halogenated alkanes) is 1. The first-order chi connectivity index (χ1) is 6.69. The fraction of sp³-hybridized carbons (Fsp3) is 0.909. The SMILES string of the molecule is CCCCN1CCC2CC2(C(=O)O)C1. The first-order valence-electron chi connectivity index (χ1n) is 5.65. The maximum atomic E-state index is 11.1. The molecule has 3 nitrogen and oxygen atoms in total. The molecular weight excluding hydrogens is 178 g/mol. The van der Waals surface area contributed by atoms with Gasteiger partial charge in [-0.3, -0.25) is 4.79 Å². The lowest BCUT2D eigenvalue weighted by Crippen LogP contribution is -2.40. The highest BCUT2D eigenvalue weighted by Gasteiger charge is 2.62. The normalized spacial score (nSPS) is 36.5. The Labute approximate surface area is 85.1 Å². The predicted octanol–water partition coefficient (Wildman–Crippen LogP) is 1.58. The van der Waals surface area contributed by atoms with Gasteiger partial charge in [0.25, 0.3) is 0 Å². The number of hydrogen-bond acceptors (Lipinski definition) is 2. The Balaban J connectivity index is 1.90. The molecule has 0 bridgehead atoms. The Bertz CT molecular complexity index is 241. The van der Waals surface area contributed by atoms with Crippen molar-refractivity contribution < 1.29 is 9.90 Å². The number of piperidine rings is 1. The van der Waals surface area contributed by atoms with E-state index in [4.69, 9.17) is 5.11 Å². The first-order valence-corrected chi connectivity index (χ1v) is 5.65. The molecule has 0 aromatic carbocycles. The molecule has 0 aromatic heterocycles. The van der Waals surface area contributed by atoms with Crippen LogP contribution in [0, 0.1) is 11.3 Å². The van der Waals surface area contributed by atoms with Crippen LogP contribution in [-0.2, 0) is 4.79 Å². The molecule has 1 saturated carbocycles. The van der Waals surface area contributed by atoms with E-state index in [1.54, 1.807) is 0 Å². The molecule has 2 atom stereocenters. The summed E-state index contributed by atoms with van der Waals surface area (Å²) in [6, 6.07) is 0. The summed E-state index contributed by atoms with van der Waals surface area (Å²) >= 11 is 0. The van der Waals surface area contributed by atoms with Gasteiger partial charge in [0, 0.05) is 6.54 Å². The summed E-state index contributed by atoms with van der Waals surface area (Å²) in [7, 11) is 0. The summed E-state index contributed by atoms with van der Waals surface area (Å²) in [4.78, 5) is 13.4. The monoisotopic (exact) mass is 197 g/mol. The van der Waals surface area contributed by atoms with Gasteiger partial charge in [0.05, 0.1) is 5.41 Å². The van der Waals surface area contributed by atoms with Gasteiger partial charge in [-0.15, -0.1) is 0 Å². The smallest absolute Gasteiger partial charge is 0.311 e. The van der Waals surface area contributed by atoms with Gasteiger partial charge in [-0.25, -0.2) is 0 Å². The van der Waals surface area contributed by atoms with Crippen molar-refractivity contribution in [1.29, 1.82) is 0 Å². The van der Waals surface area contributed by atoms with E-state index in [0.717, 1.165) is 32.5 Å². The zero-order valence-corrected chi connectivity index (χ0v) is 8.83. The average molecular weight is 197 g/mol. The van der Waals surface area contributed by atoms with Gasteiger partial charge in [-0.1, -0.05) is 13.3 Å². The van der Waals surface area contributed by atoms with Crippen LogP contribution >= 0.6 is 0 Å². The molecule has 0 radical (unpaired) electrons. The summed E-state index contributed by atoms with van der Waals surface area (Å²) in [5.74, 6) is -0.0819. The highest BCUT2D eigenvalue weighted by Crippen LogP contribution is 2.57. The molecule has 2 fully saturated rings. The number of aliphatic carboxylic acids is 1. The van der Waals surface area contributed by atoms with Crippen LogP contribution in [0.2, 0.25) is 0 Å². The second-order valence-corrected chi connectivity index (χ2v) is 4.78. The summed E-state index contributed by atoms with van der Waals surface area (Å²) in [6.45, 7) is 5.17. The minimum absolute atomic E-state index is 0.341. The van der Waals surface area contributed by atoms with Gasteiger partial charge in [0.15, 0.2) is 0 Å². The lowest BCUT2D eigenvalue weighted by atomic mass is 9.97. The Hall–Kier alpha value is -0.570. The van der Waals surface area contributed by atoms with Gasteiger partial charge in [0.1, 0.15) is 0 Å². The molecule has 80 valence electrons. The average Bonchev–Trinajstić information content (AvgIpc) is 2.89. The van der Waals surface area contributed by atoms with Gasteiger partial charge in [-0.2, -0.15) is 0 Å². The van der Waals surface area contributed by atoms with Gasteiger partial charge in [0.2, 0.25) is 0 Å². The number of carbonyl (C=O) groups is 1. The van der Waals surface area contributed by atoms with Crippen LogP contribution in [-0.4, -0.2) is 35.6 Å². The van der Waals surface area contributed by atoms with Crippen LogP contribution in [0.15, 0.2) is 0 Å². The summed E-state index contributed by atoms with van der Waals surface area (Å²) in [6.07, 6.45) is 4.40. The molecule has 1 heterocycles. The Morgan fingerprint density at radius 2 is 2.43 bits per heavy atom. The van der Waals surface area contributed by atoms with Crippen molar-refractivity contribution in [3.63, 3.8) is 0 Å². The third kappa shape index (κ3) is 1.54. The highest BCUT2D eigenvalue weighted by atomic mass is 16.4. The predicted molar refractivity (Wildman–Crippen MR) is 54.1 cm³/mol. The first kappa shape index (κ1) is 9.97. The third-order valence-corrected chi connectivity index (χ3v) is 3.79. The van der Waals surface area contributed by atoms with E-state index in [2.05, 4.69) is 11.8 Å². The maximum Gasteiger partial charge on any atom is 0.311 e. The highest BCUT2D eigenvalue weighted by molar-refractivity contribution is 5.79. The number of fused-ring (bicyclic) bond motifs is 1. The van der Waals surface area contributed by atoms with Crippen molar-refractivity contribution >= 4 is 5.97 Å². The minimum Gasteiger partial charge on any atom is -0.481 e. The van der Waals surface area contributed by atoms with Crippen LogP contribution in [0.1, 0.15) is 32.6 Å². The zero-order chi connectivity index (χ0) is 10.2. The molecule has 2 aliphatic rings. The Morgan fingerprint density at radius 3 is 3.07 bits per heavy atom. The fourth-order valence-electron chi connectivity index (χ4n) is 2.67. The molecule has 2 rings (SSSR count). The lowest BCUT2D eigenvalue weighted by Gasteiger charge is -2.30. The van der Waals surface area contributed by atoms with Gasteiger partial charge < -0.3 is 10.0 Å². The van der Waals surface area contributed by atoms with E-state index in [9.17, 15) is 4.79 Å². The molecule has 1 N–H and O–H groups in total. The van der Waals surface area contributed by atoms with E-state index in [1.165, 1.54) is 12.8 Å². The number of rotatable bonds is 4. The molecule has 0 spiro atoms. The Kier molecular flexibility index (Phi) is 2.52. The Morgan fingerprint density at radius 1 is 1.64 bits per heavy atom. The maximum absolute atomic E-state index is 11.1. The molecule has 0 aromatic rings. The van der Waals surface area contributed by atoms with E-state index in [1.807, 2.05) is 0 Å². The summed E-state index contributed by atoms with van der Waals surface area (Å²) in [5.41, 5.74) is -0.341. The van der Waals surface area contributed by atoms with Crippen LogP contribution < -0.4 is 0 Å². The largest absolute Gasteiger partial charge is 0.481 e. The summed E-state index contributed by atoms with van der Waals surface area (Å²) < 4.78 is 0. The molecule has 0 amide bonds. The second kappa shape index (κ2) is 3.54. The van der Waals surface area contributed by atoms with Crippen molar-refractivity contribution in [2.45, 2.75) is 32.6 Å². The number of hydrogen-bond donors (Lipinski definition) is 1. The zero-order valence-electron chi connectivity index (χ0n) is 8.83. The van der Waals surface area contributed by atoms with E-state index < -0.39 is 5.97 Å². The topological polar surface area (TPSA) is 40.5 Å². The number of nitrogens with zero attached hydrogens (tertiary/aromatic N) is 1. The van der Waals surface area contributed by atoms with Crippen LogP contribution in [0.3, 0.4) is 0 Å². The van der Waals surface area contributed by atoms with Gasteiger partial charge in [-0.05, 0) is 38.3 Å². The van der Waals surface area contributed by atoms with Crippen molar-refractivity contribution in [2.24, 2.45) is 11.3 Å². The number of carboxylic acid groups (broad SMARTS) is 1. The van der Waals surface area contributed by atoms with E-state index in [0.29, 0.717) is 5.92 Å². The van der Waals surface area contributed by atoms with Crippen LogP contribution in [0.5, 0.6) is 0 Å². The van der Waals surface area contributed by atoms with Crippen molar-refractivity contribution in [2.75, 3.05) is 19.6 Å². The molecule has 1 saturated heterocycles. The van der Waals surface area contributed by atoms with Crippen LogP contribution in [0.4, 0.5) is 0 Å². The van der Waals surface area contributed by atoms with Gasteiger partial charge >= 0.3 is 5.97 Å². The van der Waals surface area contributed by atoms with Crippen LogP contribution in [0.25, 0.3) is 0 Å². The number of likely N-dealkylation sites (tertiary alicyclic amines) is 1. The molecular formula is C11H19NO2. The molecule has 14 heavy (non-hydrogen) atoms. The minimum atomic E-state index is -0.566. The number of carboxylic acids is 1. The standard InChI is InChI=1S/C11H19NO2/c1-2-3-5-12-6-4-9-7-11(9,8-12)10(13)14/h9H,2-8H2,1H3,(H,13,14). The molecule has 1 aliphatic carbocycles. The molecule has 2 unspecified atom stereocenters. The second-order valence-electron chi connectivity index (χ2n) is 4.78. The van der Waals surface area contributed by atoms with Crippen molar-refractivity contribution in [3.05, 3.63) is 0 Å². The molecule has 3 heteroatoms. The summed E-state index contributed by atoms with van der Waals surface area (Å²) in [5, 5.41) is 9.16. The quantitative estimate of drug-likeness (QED) is 0.744. The fourth-order valence-corrected chi connectivity index (χ4v) is 2.67. The van der Waals surface area contributed by atoms with E-state index >= 15 is 0 Å².